The van der Waals surface area contributed by atoms with E-state index in [0.29, 0.717) is 44.4 Å². The summed E-state index contributed by atoms with van der Waals surface area (Å²) in [6.45, 7) is 2.63. The Balaban J connectivity index is 1.24. The lowest BCUT2D eigenvalue weighted by Gasteiger charge is -2.36. The number of nitrogens with zero attached hydrogens (tertiary/aromatic N) is 2. The molecule has 1 aromatic rings. The monoisotopic (exact) mass is 370 g/mol. The van der Waals surface area contributed by atoms with Gasteiger partial charge in [0.15, 0.2) is 0 Å². The van der Waals surface area contributed by atoms with E-state index >= 15 is 0 Å². The first-order valence-corrected chi connectivity index (χ1v) is 10.3. The highest BCUT2D eigenvalue weighted by molar-refractivity contribution is 5.80. The molecule has 2 bridgehead atoms. The van der Waals surface area contributed by atoms with Gasteiger partial charge in [-0.3, -0.25) is 9.59 Å². The van der Waals surface area contributed by atoms with Gasteiger partial charge in [-0.15, -0.1) is 0 Å². The zero-order valence-corrected chi connectivity index (χ0v) is 16.2. The Morgan fingerprint density at radius 1 is 1.04 bits per heavy atom. The Morgan fingerprint density at radius 3 is 2.41 bits per heavy atom. The van der Waals surface area contributed by atoms with Gasteiger partial charge in [0.2, 0.25) is 11.8 Å². The molecule has 2 amide bonds. The fourth-order valence-corrected chi connectivity index (χ4v) is 5.25. The summed E-state index contributed by atoms with van der Waals surface area (Å²) in [5.74, 6) is 3.50. The molecular weight excluding hydrogens is 340 g/mol. The molecule has 2 aliphatic carbocycles. The number of methoxy groups -OCH3 is 1. The lowest BCUT2D eigenvalue weighted by atomic mass is 9.86. The third-order valence-electron chi connectivity index (χ3n) is 6.80. The molecule has 5 heteroatoms. The van der Waals surface area contributed by atoms with Crippen molar-refractivity contribution in [2.24, 2.45) is 17.8 Å². The van der Waals surface area contributed by atoms with E-state index in [-0.39, 0.29) is 5.91 Å². The van der Waals surface area contributed by atoms with Crippen LogP contribution in [-0.2, 0) is 16.0 Å². The molecule has 27 heavy (non-hydrogen) atoms. The summed E-state index contributed by atoms with van der Waals surface area (Å²) in [7, 11) is 1.63. The maximum absolute atomic E-state index is 12.7. The van der Waals surface area contributed by atoms with Crippen molar-refractivity contribution in [3.05, 3.63) is 29.8 Å². The van der Waals surface area contributed by atoms with E-state index < -0.39 is 0 Å². The quantitative estimate of drug-likeness (QED) is 0.801. The number of piperazine rings is 1. The van der Waals surface area contributed by atoms with Crippen molar-refractivity contribution in [2.75, 3.05) is 33.3 Å². The fraction of sp³-hybridized carbons (Fsp3) is 0.636. The molecule has 0 spiro atoms. The number of rotatable bonds is 5. The predicted octanol–water partition coefficient (Wildman–Crippen LogP) is 2.73. The second-order valence-corrected chi connectivity index (χ2v) is 8.43. The number of fused-ring (bicyclic) bond motifs is 2. The molecule has 1 heterocycles. The molecule has 3 atom stereocenters. The van der Waals surface area contributed by atoms with Crippen LogP contribution in [0.25, 0.3) is 0 Å². The number of benzene rings is 1. The summed E-state index contributed by atoms with van der Waals surface area (Å²) in [5, 5.41) is 0. The first-order valence-electron chi connectivity index (χ1n) is 10.3. The SMILES string of the molecule is COc1cccc(CC(=O)N2CCN(C(=O)CC3CC4CCC3C4)CC2)c1. The van der Waals surface area contributed by atoms with Gasteiger partial charge in [-0.25, -0.2) is 0 Å². The molecule has 0 aromatic heterocycles. The van der Waals surface area contributed by atoms with Crippen LogP contribution in [0.5, 0.6) is 5.75 Å². The summed E-state index contributed by atoms with van der Waals surface area (Å²) in [6.07, 6.45) is 6.42. The van der Waals surface area contributed by atoms with E-state index in [1.807, 2.05) is 34.1 Å². The van der Waals surface area contributed by atoms with Crippen LogP contribution < -0.4 is 4.74 Å². The molecule has 1 aromatic carbocycles. The summed E-state index contributed by atoms with van der Waals surface area (Å²) in [5.41, 5.74) is 0.967. The highest BCUT2D eigenvalue weighted by Crippen LogP contribution is 2.49. The molecule has 4 rings (SSSR count). The molecule has 0 N–H and O–H groups in total. The normalized spacial score (nSPS) is 27.1. The van der Waals surface area contributed by atoms with Gasteiger partial charge < -0.3 is 14.5 Å². The maximum atomic E-state index is 12.7. The average Bonchev–Trinajstić information content (AvgIpc) is 3.31. The minimum atomic E-state index is 0.128. The second kappa shape index (κ2) is 7.91. The largest absolute Gasteiger partial charge is 0.497 e. The Labute approximate surface area is 161 Å². The predicted molar refractivity (Wildman–Crippen MR) is 103 cm³/mol. The summed E-state index contributed by atoms with van der Waals surface area (Å²) < 4.78 is 5.23. The van der Waals surface area contributed by atoms with Crippen molar-refractivity contribution < 1.29 is 14.3 Å². The van der Waals surface area contributed by atoms with Crippen molar-refractivity contribution in [3.8, 4) is 5.75 Å². The summed E-state index contributed by atoms with van der Waals surface area (Å²) >= 11 is 0. The van der Waals surface area contributed by atoms with Crippen LogP contribution in [0.2, 0.25) is 0 Å². The Kier molecular flexibility index (Phi) is 5.37. The first-order chi connectivity index (χ1) is 13.1. The standard InChI is InChI=1S/C22H30N2O3/c1-27-20-4-2-3-16(13-20)14-21(25)23-7-9-24(10-8-23)22(26)15-19-12-17-5-6-18(19)11-17/h2-4,13,17-19H,5-12,14-15H2,1H3. The minimum absolute atomic E-state index is 0.128. The zero-order valence-electron chi connectivity index (χ0n) is 16.2. The van der Waals surface area contributed by atoms with E-state index in [4.69, 9.17) is 4.74 Å². The van der Waals surface area contributed by atoms with Gasteiger partial charge in [0.25, 0.3) is 0 Å². The lowest BCUT2D eigenvalue weighted by Crippen LogP contribution is -2.51. The molecule has 1 saturated heterocycles. The number of carbonyl (C=O) groups is 2. The topological polar surface area (TPSA) is 49.9 Å². The van der Waals surface area contributed by atoms with Crippen LogP contribution >= 0.6 is 0 Å². The number of hydrogen-bond donors (Lipinski definition) is 0. The van der Waals surface area contributed by atoms with Gasteiger partial charge in [-0.2, -0.15) is 0 Å². The van der Waals surface area contributed by atoms with E-state index in [9.17, 15) is 9.59 Å². The molecule has 1 aliphatic heterocycles. The van der Waals surface area contributed by atoms with Crippen molar-refractivity contribution in [1.29, 1.82) is 0 Å². The first kappa shape index (κ1) is 18.3. The van der Waals surface area contributed by atoms with Crippen molar-refractivity contribution in [3.63, 3.8) is 0 Å². The second-order valence-electron chi connectivity index (χ2n) is 8.43. The maximum Gasteiger partial charge on any atom is 0.227 e. The van der Waals surface area contributed by atoms with E-state index in [0.717, 1.165) is 29.6 Å². The third kappa shape index (κ3) is 4.12. The van der Waals surface area contributed by atoms with Gasteiger partial charge in [0.05, 0.1) is 13.5 Å². The van der Waals surface area contributed by atoms with Crippen LogP contribution in [-0.4, -0.2) is 54.9 Å². The molecule has 3 fully saturated rings. The number of ether oxygens (including phenoxy) is 1. The van der Waals surface area contributed by atoms with Crippen LogP contribution in [0.3, 0.4) is 0 Å². The van der Waals surface area contributed by atoms with Gasteiger partial charge >= 0.3 is 0 Å². The summed E-state index contributed by atoms with van der Waals surface area (Å²) in [4.78, 5) is 29.1. The molecule has 0 radical (unpaired) electrons. The molecular formula is C22H30N2O3. The van der Waals surface area contributed by atoms with Gasteiger partial charge in [-0.05, 0) is 54.7 Å². The van der Waals surface area contributed by atoms with E-state index in [1.165, 1.54) is 25.7 Å². The Hall–Kier alpha value is -2.04. The smallest absolute Gasteiger partial charge is 0.227 e. The van der Waals surface area contributed by atoms with Gasteiger partial charge in [0.1, 0.15) is 5.75 Å². The van der Waals surface area contributed by atoms with E-state index in [1.54, 1.807) is 7.11 Å². The molecule has 2 saturated carbocycles. The van der Waals surface area contributed by atoms with E-state index in [2.05, 4.69) is 0 Å². The summed E-state index contributed by atoms with van der Waals surface area (Å²) in [6, 6.07) is 7.66. The van der Waals surface area contributed by atoms with Crippen molar-refractivity contribution in [2.45, 2.75) is 38.5 Å². The van der Waals surface area contributed by atoms with Crippen molar-refractivity contribution in [1.82, 2.24) is 9.80 Å². The Morgan fingerprint density at radius 2 is 1.78 bits per heavy atom. The zero-order chi connectivity index (χ0) is 18.8. The molecule has 3 unspecified atom stereocenters. The van der Waals surface area contributed by atoms with Crippen LogP contribution in [0.15, 0.2) is 24.3 Å². The van der Waals surface area contributed by atoms with Crippen LogP contribution in [0, 0.1) is 17.8 Å². The number of hydrogen-bond acceptors (Lipinski definition) is 3. The highest BCUT2D eigenvalue weighted by atomic mass is 16.5. The number of amides is 2. The Bertz CT molecular complexity index is 697. The third-order valence-corrected chi connectivity index (χ3v) is 6.80. The lowest BCUT2D eigenvalue weighted by molar-refractivity contribution is -0.140. The minimum Gasteiger partial charge on any atom is -0.497 e. The average molecular weight is 370 g/mol. The van der Waals surface area contributed by atoms with Crippen LogP contribution in [0.4, 0.5) is 0 Å². The molecule has 146 valence electrons. The van der Waals surface area contributed by atoms with Gasteiger partial charge in [0, 0.05) is 32.6 Å². The number of carbonyl (C=O) groups excluding carboxylic acids is 2. The fourth-order valence-electron chi connectivity index (χ4n) is 5.25. The van der Waals surface area contributed by atoms with Crippen LogP contribution in [0.1, 0.15) is 37.7 Å². The van der Waals surface area contributed by atoms with Gasteiger partial charge in [-0.1, -0.05) is 18.6 Å². The molecule has 5 nitrogen and oxygen atoms in total. The van der Waals surface area contributed by atoms with Crippen molar-refractivity contribution >= 4 is 11.8 Å². The highest BCUT2D eigenvalue weighted by Gasteiger charge is 2.40. The molecule has 3 aliphatic rings.